The lowest BCUT2D eigenvalue weighted by atomic mass is 9.78. The fraction of sp³-hybridized carbons (Fsp3) is 0.345. The molecular formula is C29H35NO3. The highest BCUT2D eigenvalue weighted by molar-refractivity contribution is 5.90. The molecule has 0 aliphatic carbocycles. The Labute approximate surface area is 197 Å². The van der Waals surface area contributed by atoms with E-state index < -0.39 is 5.97 Å². The lowest BCUT2D eigenvalue weighted by Crippen LogP contribution is -2.27. The summed E-state index contributed by atoms with van der Waals surface area (Å²) in [5.74, 6) is -0.185. The summed E-state index contributed by atoms with van der Waals surface area (Å²) in [5.41, 5.74) is 3.37. The number of hydroxylamine groups is 2. The van der Waals surface area contributed by atoms with Crippen LogP contribution in [0.4, 0.5) is 0 Å². The van der Waals surface area contributed by atoms with Crippen LogP contribution in [0.3, 0.4) is 0 Å². The molecule has 0 atom stereocenters. The number of hydrogen-bond donors (Lipinski definition) is 1. The van der Waals surface area contributed by atoms with Crippen molar-refractivity contribution in [3.8, 4) is 5.75 Å². The van der Waals surface area contributed by atoms with Crippen molar-refractivity contribution in [2.24, 2.45) is 0 Å². The molecule has 0 radical (unpaired) electrons. The molecule has 3 aromatic carbocycles. The van der Waals surface area contributed by atoms with Crippen LogP contribution in [0.15, 0.2) is 72.8 Å². The summed E-state index contributed by atoms with van der Waals surface area (Å²) >= 11 is 0. The van der Waals surface area contributed by atoms with Gasteiger partial charge in [0, 0.05) is 11.1 Å². The number of carbonyl (C=O) groups excluding carboxylic acids is 1. The smallest absolute Gasteiger partial charge is 0.357 e. The zero-order chi connectivity index (χ0) is 24.2. The van der Waals surface area contributed by atoms with Crippen molar-refractivity contribution < 1.29 is 14.7 Å². The molecule has 0 aliphatic heterocycles. The summed E-state index contributed by atoms with van der Waals surface area (Å²) < 4.78 is 0. The number of phenolic OH excluding ortho intramolecular Hbond substituents is 1. The van der Waals surface area contributed by atoms with E-state index in [0.717, 1.165) is 22.3 Å². The van der Waals surface area contributed by atoms with E-state index in [1.165, 1.54) is 0 Å². The number of phenols is 1. The molecule has 3 rings (SSSR count). The Balaban J connectivity index is 1.95. The summed E-state index contributed by atoms with van der Waals surface area (Å²) in [5, 5.41) is 12.7. The van der Waals surface area contributed by atoms with Gasteiger partial charge in [-0.25, -0.2) is 4.79 Å². The van der Waals surface area contributed by atoms with Crippen LogP contribution >= 0.6 is 0 Å². The molecule has 0 bridgehead atoms. The third kappa shape index (κ3) is 6.45. The fourth-order valence-corrected chi connectivity index (χ4v) is 3.76. The van der Waals surface area contributed by atoms with E-state index in [1.807, 2.05) is 102 Å². The van der Waals surface area contributed by atoms with Gasteiger partial charge in [0.2, 0.25) is 0 Å². The largest absolute Gasteiger partial charge is 0.507 e. The molecule has 0 spiro atoms. The van der Waals surface area contributed by atoms with Gasteiger partial charge in [-0.3, -0.25) is 0 Å². The Hall–Kier alpha value is -3.11. The van der Waals surface area contributed by atoms with Crippen LogP contribution in [-0.4, -0.2) is 16.1 Å². The van der Waals surface area contributed by atoms with E-state index in [4.69, 9.17) is 4.84 Å². The zero-order valence-corrected chi connectivity index (χ0v) is 20.6. The Morgan fingerprint density at radius 2 is 1.15 bits per heavy atom. The second-order valence-electron chi connectivity index (χ2n) is 10.6. The van der Waals surface area contributed by atoms with Gasteiger partial charge in [0.25, 0.3) is 0 Å². The van der Waals surface area contributed by atoms with Crippen molar-refractivity contribution in [2.75, 3.05) is 0 Å². The Morgan fingerprint density at radius 1 is 0.758 bits per heavy atom. The van der Waals surface area contributed by atoms with Gasteiger partial charge < -0.3 is 9.94 Å². The van der Waals surface area contributed by atoms with Crippen molar-refractivity contribution in [1.29, 1.82) is 0 Å². The quantitative estimate of drug-likeness (QED) is 0.426. The lowest BCUT2D eigenvalue weighted by Gasteiger charge is -2.28. The molecule has 0 saturated carbocycles. The molecular weight excluding hydrogens is 410 g/mol. The maximum atomic E-state index is 13.4. The highest BCUT2D eigenvalue weighted by Crippen LogP contribution is 2.40. The highest BCUT2D eigenvalue weighted by atomic mass is 16.7. The summed E-state index contributed by atoms with van der Waals surface area (Å²) in [7, 11) is 0. The SMILES string of the molecule is CC(C)(C)c1cc(C(=O)ON(Cc2ccccc2)Cc2ccccc2)cc(C(C)(C)C)c1O. The summed E-state index contributed by atoms with van der Waals surface area (Å²) in [6, 6.07) is 23.4. The van der Waals surface area contributed by atoms with Gasteiger partial charge in [-0.05, 0) is 34.1 Å². The lowest BCUT2D eigenvalue weighted by molar-refractivity contribution is -0.123. The van der Waals surface area contributed by atoms with E-state index in [1.54, 1.807) is 17.2 Å². The van der Waals surface area contributed by atoms with Crippen LogP contribution < -0.4 is 0 Å². The van der Waals surface area contributed by atoms with E-state index >= 15 is 0 Å². The average Bonchev–Trinajstić information content (AvgIpc) is 2.73. The first-order chi connectivity index (χ1) is 15.4. The second kappa shape index (κ2) is 9.80. The number of nitrogens with zero attached hydrogens (tertiary/aromatic N) is 1. The average molecular weight is 446 g/mol. The maximum Gasteiger partial charge on any atom is 0.357 e. The minimum Gasteiger partial charge on any atom is -0.507 e. The molecule has 33 heavy (non-hydrogen) atoms. The van der Waals surface area contributed by atoms with Gasteiger partial charge in [0.05, 0.1) is 18.7 Å². The Morgan fingerprint density at radius 3 is 1.52 bits per heavy atom. The van der Waals surface area contributed by atoms with Gasteiger partial charge in [0.1, 0.15) is 5.75 Å². The van der Waals surface area contributed by atoms with Gasteiger partial charge in [0.15, 0.2) is 0 Å². The molecule has 4 heteroatoms. The van der Waals surface area contributed by atoms with E-state index in [0.29, 0.717) is 18.7 Å². The maximum absolute atomic E-state index is 13.4. The number of rotatable bonds is 6. The number of carbonyl (C=O) groups is 1. The van der Waals surface area contributed by atoms with Gasteiger partial charge in [-0.15, -0.1) is 5.06 Å². The molecule has 0 amide bonds. The van der Waals surface area contributed by atoms with Crippen LogP contribution in [0.25, 0.3) is 0 Å². The molecule has 1 N–H and O–H groups in total. The first-order valence-electron chi connectivity index (χ1n) is 11.4. The molecule has 0 saturated heterocycles. The van der Waals surface area contributed by atoms with E-state index in [9.17, 15) is 9.90 Å². The van der Waals surface area contributed by atoms with E-state index in [-0.39, 0.29) is 16.6 Å². The van der Waals surface area contributed by atoms with Crippen molar-refractivity contribution in [3.05, 3.63) is 101 Å². The van der Waals surface area contributed by atoms with Crippen molar-refractivity contribution >= 4 is 5.97 Å². The normalized spacial score (nSPS) is 12.1. The first kappa shape index (κ1) is 24.5. The number of benzene rings is 3. The standard InChI is InChI=1S/C29H35NO3/c1-28(2,3)24-17-23(18-25(26(24)31)29(4,5)6)27(32)33-30(19-21-13-9-7-10-14-21)20-22-15-11-8-12-16-22/h7-18,31H,19-20H2,1-6H3. The first-order valence-corrected chi connectivity index (χ1v) is 11.4. The van der Waals surface area contributed by atoms with Crippen LogP contribution in [0.5, 0.6) is 5.75 Å². The predicted octanol–water partition coefficient (Wildman–Crippen LogP) is 6.76. The Bertz CT molecular complexity index is 1000. The zero-order valence-electron chi connectivity index (χ0n) is 20.6. The van der Waals surface area contributed by atoms with Gasteiger partial charge in [-0.2, -0.15) is 0 Å². The van der Waals surface area contributed by atoms with Gasteiger partial charge >= 0.3 is 5.97 Å². The fourth-order valence-electron chi connectivity index (χ4n) is 3.76. The third-order valence-electron chi connectivity index (χ3n) is 5.58. The van der Waals surface area contributed by atoms with Crippen LogP contribution in [0, 0.1) is 0 Å². The minimum atomic E-state index is -0.433. The van der Waals surface area contributed by atoms with Gasteiger partial charge in [-0.1, -0.05) is 102 Å². The molecule has 0 aromatic heterocycles. The number of aromatic hydroxyl groups is 1. The Kier molecular flexibility index (Phi) is 7.28. The second-order valence-corrected chi connectivity index (χ2v) is 10.6. The molecule has 0 aliphatic rings. The molecule has 0 heterocycles. The third-order valence-corrected chi connectivity index (χ3v) is 5.58. The molecule has 3 aromatic rings. The monoisotopic (exact) mass is 445 g/mol. The minimum absolute atomic E-state index is 0.247. The number of hydrogen-bond acceptors (Lipinski definition) is 4. The predicted molar refractivity (Wildman–Crippen MR) is 133 cm³/mol. The summed E-state index contributed by atoms with van der Waals surface area (Å²) in [6.07, 6.45) is 0. The van der Waals surface area contributed by atoms with Crippen LogP contribution in [0.1, 0.15) is 74.2 Å². The van der Waals surface area contributed by atoms with Crippen molar-refractivity contribution in [2.45, 2.75) is 65.5 Å². The topological polar surface area (TPSA) is 49.8 Å². The molecule has 0 fully saturated rings. The molecule has 174 valence electrons. The van der Waals surface area contributed by atoms with Crippen molar-refractivity contribution in [3.63, 3.8) is 0 Å². The van der Waals surface area contributed by atoms with Crippen LogP contribution in [0.2, 0.25) is 0 Å². The molecule has 0 unspecified atom stereocenters. The van der Waals surface area contributed by atoms with E-state index in [2.05, 4.69) is 0 Å². The van der Waals surface area contributed by atoms with Crippen LogP contribution in [-0.2, 0) is 28.8 Å². The summed E-state index contributed by atoms with van der Waals surface area (Å²) in [4.78, 5) is 19.3. The van der Waals surface area contributed by atoms with Crippen molar-refractivity contribution in [1.82, 2.24) is 5.06 Å². The highest BCUT2D eigenvalue weighted by Gasteiger charge is 2.28. The molecule has 4 nitrogen and oxygen atoms in total. The summed E-state index contributed by atoms with van der Waals surface area (Å²) in [6.45, 7) is 13.1.